The van der Waals surface area contributed by atoms with Gasteiger partial charge in [-0.05, 0) is 34.7 Å². The van der Waals surface area contributed by atoms with Crippen molar-refractivity contribution in [2.75, 3.05) is 0 Å². The van der Waals surface area contributed by atoms with Gasteiger partial charge in [0.1, 0.15) is 0 Å². The summed E-state index contributed by atoms with van der Waals surface area (Å²) in [5.74, 6) is 4.98. The Kier molecular flexibility index (Phi) is 3.14. The second-order valence-electron chi connectivity index (χ2n) is 1.94. The van der Waals surface area contributed by atoms with Gasteiger partial charge in [-0.15, -0.1) is 0 Å². The zero-order valence-electron chi connectivity index (χ0n) is 5.59. The van der Waals surface area contributed by atoms with E-state index in [4.69, 9.17) is 17.4 Å². The highest BCUT2D eigenvalue weighted by Gasteiger charge is 1.96. The summed E-state index contributed by atoms with van der Waals surface area (Å²) in [4.78, 5) is 0. The van der Waals surface area contributed by atoms with E-state index in [1.165, 1.54) is 6.21 Å². The van der Waals surface area contributed by atoms with E-state index in [0.717, 1.165) is 9.13 Å². The van der Waals surface area contributed by atoms with Crippen molar-refractivity contribution in [3.05, 3.63) is 32.4 Å². The van der Waals surface area contributed by atoms with Crippen molar-refractivity contribution in [2.24, 2.45) is 10.9 Å². The number of hydrazone groups is 1. The molecule has 0 bridgehead atoms. The standard InChI is InChI=1S/C7H6ClIN2/c8-7-3-6(9)2-1-5(7)4-11-10/h1-4H,10H2. The van der Waals surface area contributed by atoms with E-state index in [-0.39, 0.29) is 0 Å². The average molecular weight is 280 g/mol. The van der Waals surface area contributed by atoms with E-state index in [9.17, 15) is 0 Å². The van der Waals surface area contributed by atoms with Gasteiger partial charge >= 0.3 is 0 Å². The predicted molar refractivity (Wildman–Crippen MR) is 56.0 cm³/mol. The molecule has 0 fully saturated rings. The zero-order valence-corrected chi connectivity index (χ0v) is 8.50. The molecule has 58 valence electrons. The summed E-state index contributed by atoms with van der Waals surface area (Å²) in [6.45, 7) is 0. The van der Waals surface area contributed by atoms with E-state index in [1.54, 1.807) is 0 Å². The SMILES string of the molecule is NN=Cc1ccc(I)cc1Cl. The maximum absolute atomic E-state index is 5.86. The quantitative estimate of drug-likeness (QED) is 0.364. The number of benzene rings is 1. The topological polar surface area (TPSA) is 38.4 Å². The molecule has 0 saturated heterocycles. The van der Waals surface area contributed by atoms with Crippen LogP contribution < -0.4 is 5.84 Å². The molecule has 0 saturated carbocycles. The van der Waals surface area contributed by atoms with Crippen molar-refractivity contribution in [2.45, 2.75) is 0 Å². The van der Waals surface area contributed by atoms with Crippen LogP contribution in [0.1, 0.15) is 5.56 Å². The molecular formula is C7H6ClIN2. The van der Waals surface area contributed by atoms with Crippen molar-refractivity contribution >= 4 is 40.4 Å². The molecule has 0 aliphatic carbocycles. The highest BCUT2D eigenvalue weighted by atomic mass is 127. The Bertz CT molecular complexity index is 286. The molecule has 0 amide bonds. The molecule has 4 heteroatoms. The Labute approximate surface area is 83.6 Å². The summed E-state index contributed by atoms with van der Waals surface area (Å²) in [7, 11) is 0. The van der Waals surface area contributed by atoms with Crippen LogP contribution >= 0.6 is 34.2 Å². The Morgan fingerprint density at radius 1 is 1.55 bits per heavy atom. The van der Waals surface area contributed by atoms with Gasteiger partial charge in [-0.25, -0.2) is 0 Å². The summed E-state index contributed by atoms with van der Waals surface area (Å²) >= 11 is 8.05. The average Bonchev–Trinajstić information content (AvgIpc) is 1.95. The van der Waals surface area contributed by atoms with Crippen molar-refractivity contribution < 1.29 is 0 Å². The summed E-state index contributed by atoms with van der Waals surface area (Å²) in [6, 6.07) is 5.68. The van der Waals surface area contributed by atoms with Gasteiger partial charge in [-0.2, -0.15) is 5.10 Å². The molecule has 0 unspecified atom stereocenters. The summed E-state index contributed by atoms with van der Waals surface area (Å²) < 4.78 is 1.10. The Hall–Kier alpha value is -0.290. The lowest BCUT2D eigenvalue weighted by Crippen LogP contribution is -1.87. The molecule has 0 heterocycles. The molecule has 0 aliphatic rings. The Morgan fingerprint density at radius 2 is 2.27 bits per heavy atom. The van der Waals surface area contributed by atoms with Crippen LogP contribution in [-0.4, -0.2) is 6.21 Å². The van der Waals surface area contributed by atoms with Crippen LogP contribution in [0.5, 0.6) is 0 Å². The molecule has 0 aromatic heterocycles. The smallest absolute Gasteiger partial charge is 0.0553 e. The Balaban J connectivity index is 3.09. The molecule has 11 heavy (non-hydrogen) atoms. The van der Waals surface area contributed by atoms with Crippen LogP contribution in [0.25, 0.3) is 0 Å². The molecule has 0 aliphatic heterocycles. The first-order chi connectivity index (χ1) is 5.24. The van der Waals surface area contributed by atoms with Crippen LogP contribution in [-0.2, 0) is 0 Å². The van der Waals surface area contributed by atoms with Gasteiger partial charge < -0.3 is 5.84 Å². The normalized spacial score (nSPS) is 10.7. The van der Waals surface area contributed by atoms with Crippen LogP contribution in [0, 0.1) is 3.57 Å². The first kappa shape index (κ1) is 8.80. The molecule has 1 aromatic carbocycles. The van der Waals surface area contributed by atoms with Gasteiger partial charge in [0.25, 0.3) is 0 Å². The second kappa shape index (κ2) is 3.92. The maximum Gasteiger partial charge on any atom is 0.0553 e. The van der Waals surface area contributed by atoms with E-state index < -0.39 is 0 Å². The van der Waals surface area contributed by atoms with Crippen molar-refractivity contribution in [1.29, 1.82) is 0 Å². The molecule has 0 spiro atoms. The lowest BCUT2D eigenvalue weighted by atomic mass is 10.2. The fraction of sp³-hybridized carbons (Fsp3) is 0. The molecule has 2 nitrogen and oxygen atoms in total. The first-order valence-electron chi connectivity index (χ1n) is 2.92. The lowest BCUT2D eigenvalue weighted by Gasteiger charge is -1.96. The second-order valence-corrected chi connectivity index (χ2v) is 3.60. The predicted octanol–water partition coefficient (Wildman–Crippen LogP) is 2.24. The molecule has 2 N–H and O–H groups in total. The minimum Gasteiger partial charge on any atom is -0.323 e. The third kappa shape index (κ3) is 2.34. The van der Waals surface area contributed by atoms with Crippen molar-refractivity contribution in [1.82, 2.24) is 0 Å². The van der Waals surface area contributed by atoms with Crippen LogP contribution in [0.4, 0.5) is 0 Å². The molecule has 0 radical (unpaired) electrons. The van der Waals surface area contributed by atoms with Gasteiger partial charge in [0.05, 0.1) is 11.2 Å². The molecule has 1 aromatic rings. The highest BCUT2D eigenvalue weighted by Crippen LogP contribution is 2.17. The number of hydrogen-bond donors (Lipinski definition) is 1. The van der Waals surface area contributed by atoms with Crippen molar-refractivity contribution in [3.63, 3.8) is 0 Å². The molecular weight excluding hydrogens is 274 g/mol. The van der Waals surface area contributed by atoms with E-state index in [1.807, 2.05) is 18.2 Å². The van der Waals surface area contributed by atoms with Crippen LogP contribution in [0.15, 0.2) is 23.3 Å². The fourth-order valence-electron chi connectivity index (χ4n) is 0.687. The number of halogens is 2. The van der Waals surface area contributed by atoms with Gasteiger partial charge in [0, 0.05) is 9.13 Å². The number of nitrogens with two attached hydrogens (primary N) is 1. The minimum atomic E-state index is 0.672. The number of rotatable bonds is 1. The summed E-state index contributed by atoms with van der Waals surface area (Å²) in [5, 5.41) is 4.06. The van der Waals surface area contributed by atoms with Crippen LogP contribution in [0.3, 0.4) is 0 Å². The monoisotopic (exact) mass is 280 g/mol. The van der Waals surface area contributed by atoms with Gasteiger partial charge in [-0.1, -0.05) is 17.7 Å². The van der Waals surface area contributed by atoms with Gasteiger partial charge in [-0.3, -0.25) is 0 Å². The largest absolute Gasteiger partial charge is 0.323 e. The van der Waals surface area contributed by atoms with E-state index in [2.05, 4.69) is 27.7 Å². The first-order valence-corrected chi connectivity index (χ1v) is 4.38. The Morgan fingerprint density at radius 3 is 2.82 bits per heavy atom. The summed E-state index contributed by atoms with van der Waals surface area (Å²) in [6.07, 6.45) is 1.53. The van der Waals surface area contributed by atoms with E-state index in [0.29, 0.717) is 5.02 Å². The van der Waals surface area contributed by atoms with E-state index >= 15 is 0 Å². The summed E-state index contributed by atoms with van der Waals surface area (Å²) in [5.41, 5.74) is 0.842. The number of nitrogens with zero attached hydrogens (tertiary/aromatic N) is 1. The zero-order chi connectivity index (χ0) is 8.27. The highest BCUT2D eigenvalue weighted by molar-refractivity contribution is 14.1. The lowest BCUT2D eigenvalue weighted by molar-refractivity contribution is 1.26. The minimum absolute atomic E-state index is 0.672. The van der Waals surface area contributed by atoms with Crippen molar-refractivity contribution in [3.8, 4) is 0 Å². The van der Waals surface area contributed by atoms with Gasteiger partial charge in [0.15, 0.2) is 0 Å². The fourth-order valence-corrected chi connectivity index (χ4v) is 1.59. The van der Waals surface area contributed by atoms with Crippen LogP contribution in [0.2, 0.25) is 5.02 Å². The molecule has 1 rings (SSSR count). The third-order valence-electron chi connectivity index (χ3n) is 1.18. The van der Waals surface area contributed by atoms with Gasteiger partial charge in [0.2, 0.25) is 0 Å². The maximum atomic E-state index is 5.86. The molecule has 0 atom stereocenters. The number of hydrogen-bond acceptors (Lipinski definition) is 2. The third-order valence-corrected chi connectivity index (χ3v) is 2.17.